The number of aryl methyl sites for hydroxylation is 4. The van der Waals surface area contributed by atoms with E-state index >= 15 is 0 Å². The first-order valence-electron chi connectivity index (χ1n) is 16.9. The second kappa shape index (κ2) is 14.1. The Morgan fingerprint density at radius 3 is 2.53 bits per heavy atom. The monoisotopic (exact) mass is 779 g/mol. The largest absolute Gasteiger partial charge is 0.493 e. The molecule has 0 saturated heterocycles. The molecule has 1 aliphatic rings. The highest BCUT2D eigenvalue weighted by Crippen LogP contribution is 2.43. The second-order valence-electron chi connectivity index (χ2n) is 13.4. The molecule has 1 N–H and O–H groups in total. The fourth-order valence-corrected chi connectivity index (χ4v) is 9.38. The van der Waals surface area contributed by atoms with Crippen LogP contribution in [0.4, 0.5) is 4.39 Å². The lowest BCUT2D eigenvalue weighted by Gasteiger charge is -2.24. The first-order chi connectivity index (χ1) is 25.1. The molecule has 0 atom stereocenters. The van der Waals surface area contributed by atoms with E-state index in [1.165, 1.54) is 42.3 Å². The number of hydrogen-bond acceptors (Lipinski definition) is 7. The van der Waals surface area contributed by atoms with Crippen LogP contribution in [0.25, 0.3) is 32.8 Å². The van der Waals surface area contributed by atoms with Gasteiger partial charge in [0, 0.05) is 89.2 Å². The maximum absolute atomic E-state index is 14.4. The number of rotatable bonds is 3. The average molecular weight is 780 g/mol. The number of aromatic nitrogens is 5. The van der Waals surface area contributed by atoms with Crippen LogP contribution in [0.1, 0.15) is 45.2 Å². The predicted octanol–water partition coefficient (Wildman–Crippen LogP) is 6.92. The summed E-state index contributed by atoms with van der Waals surface area (Å²) in [6.07, 6.45) is 0.466. The molecule has 6 aromatic rings. The van der Waals surface area contributed by atoms with Crippen LogP contribution in [0.3, 0.4) is 0 Å². The number of halogens is 2. The highest BCUT2D eigenvalue weighted by molar-refractivity contribution is 7.98. The van der Waals surface area contributed by atoms with Gasteiger partial charge in [-0.05, 0) is 79.7 Å². The molecule has 3 aromatic heterocycles. The van der Waals surface area contributed by atoms with Gasteiger partial charge in [-0.1, -0.05) is 11.6 Å². The van der Waals surface area contributed by atoms with Gasteiger partial charge in [-0.25, -0.2) is 9.18 Å². The fraction of sp³-hybridized carbons (Fsp3) is 0.324. The molecule has 3 aromatic carbocycles. The van der Waals surface area contributed by atoms with Crippen LogP contribution in [-0.2, 0) is 49.7 Å². The lowest BCUT2D eigenvalue weighted by Crippen LogP contribution is -2.39. The Morgan fingerprint density at radius 2 is 1.79 bits per heavy atom. The molecule has 1 aliphatic heterocycles. The minimum atomic E-state index is -4.00. The summed E-state index contributed by atoms with van der Waals surface area (Å²) in [6.45, 7) is 4.08. The lowest BCUT2D eigenvalue weighted by molar-refractivity contribution is 0.0684. The van der Waals surface area contributed by atoms with Crippen LogP contribution in [0.15, 0.2) is 53.4 Å². The summed E-state index contributed by atoms with van der Waals surface area (Å²) in [6, 6.07) is 13.8. The van der Waals surface area contributed by atoms with Crippen molar-refractivity contribution in [3.63, 3.8) is 0 Å². The van der Waals surface area contributed by atoms with Crippen LogP contribution in [0, 0.1) is 19.7 Å². The summed E-state index contributed by atoms with van der Waals surface area (Å²) < 4.78 is 56.3. The van der Waals surface area contributed by atoms with Crippen molar-refractivity contribution in [1.82, 2.24) is 32.7 Å². The van der Waals surface area contributed by atoms with E-state index in [0.717, 1.165) is 26.0 Å². The SMILES string of the molecule is Cc1c(C(=O)O)n2c3ccc(Cl)c(c13)-c1c(nn(C)c1C)CN(S(=O)(=O)N(C)C)Cc1cc(n(C)n1)CSc1cc(c3ccc(F)cc3c1)OCCC2. The molecule has 7 rings (SSSR count). The highest BCUT2D eigenvalue weighted by Gasteiger charge is 2.32. The smallest absolute Gasteiger partial charge is 0.352 e. The molecule has 0 spiro atoms. The summed E-state index contributed by atoms with van der Waals surface area (Å²) >= 11 is 8.54. The number of nitrogens with zero attached hydrogens (tertiary/aromatic N) is 7. The zero-order chi connectivity index (χ0) is 37.9. The second-order valence-corrected chi connectivity index (χ2v) is 17.0. The first-order valence-corrected chi connectivity index (χ1v) is 19.7. The van der Waals surface area contributed by atoms with Gasteiger partial charge in [0.2, 0.25) is 0 Å². The van der Waals surface area contributed by atoms with Gasteiger partial charge in [-0.3, -0.25) is 9.36 Å². The van der Waals surface area contributed by atoms with E-state index in [1.807, 2.05) is 38.2 Å². The van der Waals surface area contributed by atoms with Gasteiger partial charge in [-0.2, -0.15) is 27.2 Å². The first kappa shape index (κ1) is 36.9. The summed E-state index contributed by atoms with van der Waals surface area (Å²) in [4.78, 5) is 13.7. The third-order valence-corrected chi connectivity index (χ3v) is 12.9. The Labute approximate surface area is 315 Å². The highest BCUT2D eigenvalue weighted by atomic mass is 35.5. The molecule has 4 heterocycles. The third kappa shape index (κ3) is 6.69. The maximum atomic E-state index is 14.4. The number of carboxylic acids is 1. The Balaban J connectivity index is 1.44. The molecule has 0 fully saturated rings. The van der Waals surface area contributed by atoms with E-state index in [2.05, 4.69) is 0 Å². The minimum absolute atomic E-state index is 0.0438. The van der Waals surface area contributed by atoms with Crippen molar-refractivity contribution in [3.8, 4) is 16.9 Å². The summed E-state index contributed by atoms with van der Waals surface area (Å²) in [5.41, 5.74) is 5.13. The summed E-state index contributed by atoms with van der Waals surface area (Å²) in [5.74, 6) is -0.357. The van der Waals surface area contributed by atoms with E-state index in [9.17, 15) is 22.7 Å². The van der Waals surface area contributed by atoms with Crippen molar-refractivity contribution >= 4 is 61.2 Å². The normalized spacial score (nSPS) is 14.8. The number of benzene rings is 3. The van der Waals surface area contributed by atoms with Crippen LogP contribution in [-0.4, -0.2) is 72.9 Å². The molecule has 0 unspecified atom stereocenters. The van der Waals surface area contributed by atoms with Crippen LogP contribution < -0.4 is 4.74 Å². The number of ether oxygens (including phenoxy) is 1. The summed E-state index contributed by atoms with van der Waals surface area (Å²) in [7, 11) is 2.55. The van der Waals surface area contributed by atoms with Crippen LogP contribution in [0.5, 0.6) is 5.75 Å². The molecule has 0 aliphatic carbocycles. The number of fused-ring (bicyclic) bond motifs is 8. The van der Waals surface area contributed by atoms with Gasteiger partial charge in [0.15, 0.2) is 0 Å². The number of carbonyl (C=O) groups is 1. The topological polar surface area (TPSA) is 128 Å². The number of thioether (sulfide) groups is 1. The molecular formula is C37H39ClFN7O5S2. The quantitative estimate of drug-likeness (QED) is 0.205. The Hall–Kier alpha value is -4.41. The Morgan fingerprint density at radius 1 is 1.02 bits per heavy atom. The van der Waals surface area contributed by atoms with Gasteiger partial charge in [-0.15, -0.1) is 11.8 Å². The molecule has 16 heteroatoms. The molecular weight excluding hydrogens is 741 g/mol. The summed E-state index contributed by atoms with van der Waals surface area (Å²) in [5, 5.41) is 22.5. The van der Waals surface area contributed by atoms with Gasteiger partial charge in [0.1, 0.15) is 17.3 Å². The van der Waals surface area contributed by atoms with Gasteiger partial charge in [0.25, 0.3) is 10.2 Å². The zero-order valence-electron chi connectivity index (χ0n) is 30.1. The molecule has 12 nitrogen and oxygen atoms in total. The van der Waals surface area contributed by atoms with E-state index in [0.29, 0.717) is 73.9 Å². The van der Waals surface area contributed by atoms with Gasteiger partial charge < -0.3 is 14.4 Å². The molecule has 53 heavy (non-hydrogen) atoms. The Kier molecular flexibility index (Phi) is 9.82. The number of hydrogen-bond donors (Lipinski definition) is 1. The van der Waals surface area contributed by atoms with Crippen molar-refractivity contribution < 1.29 is 27.4 Å². The molecule has 0 radical (unpaired) electrons. The number of aromatic carboxylic acids is 1. The van der Waals surface area contributed by atoms with Gasteiger partial charge >= 0.3 is 5.97 Å². The van der Waals surface area contributed by atoms with Crippen molar-refractivity contribution in [2.75, 3.05) is 20.7 Å². The van der Waals surface area contributed by atoms with E-state index in [4.69, 9.17) is 26.5 Å². The third-order valence-electron chi connectivity index (χ3n) is 9.78. The molecule has 0 saturated carbocycles. The van der Waals surface area contributed by atoms with E-state index < -0.39 is 16.2 Å². The average Bonchev–Trinajstić information content (AvgIpc) is 3.69. The van der Waals surface area contributed by atoms with E-state index in [-0.39, 0.29) is 31.2 Å². The zero-order valence-corrected chi connectivity index (χ0v) is 32.5. The predicted molar refractivity (Wildman–Crippen MR) is 204 cm³/mol. The van der Waals surface area contributed by atoms with Crippen molar-refractivity contribution in [3.05, 3.63) is 93.4 Å². The molecule has 278 valence electrons. The maximum Gasteiger partial charge on any atom is 0.352 e. The fourth-order valence-electron chi connectivity index (χ4n) is 7.10. The standard InChI is InChI=1S/C37H39ClFN7O5S2/c1-21-33-31-11-10-29(38)35(33)34-22(2)43(5)41-30(34)19-45(53(49,50)42(3)4)18-25-16-26(44(6)40-25)20-52-27-15-23-14-24(39)8-9-28(23)32(17-27)51-13-7-12-46(31)36(21)37(47)48/h8-11,14-17H,7,12-13,18-20H2,1-6H3,(H,47,48). The van der Waals surface area contributed by atoms with Crippen molar-refractivity contribution in [2.45, 2.75) is 50.6 Å². The van der Waals surface area contributed by atoms with Crippen LogP contribution >= 0.6 is 23.4 Å². The van der Waals surface area contributed by atoms with Gasteiger partial charge in [0.05, 0.1) is 31.1 Å². The van der Waals surface area contributed by atoms with E-state index in [1.54, 1.807) is 40.0 Å². The molecule has 8 bridgehead atoms. The lowest BCUT2D eigenvalue weighted by atomic mass is 9.96. The minimum Gasteiger partial charge on any atom is -0.493 e. The Bertz CT molecular complexity index is 2540. The van der Waals surface area contributed by atoms with Crippen LogP contribution in [0.2, 0.25) is 5.02 Å². The number of carboxylic acid groups (broad SMARTS) is 1. The van der Waals surface area contributed by atoms with Crippen molar-refractivity contribution in [1.29, 1.82) is 0 Å². The molecule has 0 amide bonds. The van der Waals surface area contributed by atoms with Crippen molar-refractivity contribution in [2.24, 2.45) is 14.1 Å².